The van der Waals surface area contributed by atoms with E-state index >= 15 is 0 Å². The van der Waals surface area contributed by atoms with Crippen LogP contribution in [0.4, 0.5) is 0 Å². The van der Waals surface area contributed by atoms with Crippen molar-refractivity contribution in [2.24, 2.45) is 0 Å². The van der Waals surface area contributed by atoms with E-state index in [0.717, 1.165) is 35.9 Å². The molecule has 2 rings (SSSR count). The highest BCUT2D eigenvalue weighted by atomic mass is 16.4. The maximum absolute atomic E-state index is 11.2. The molecule has 0 spiro atoms. The van der Waals surface area contributed by atoms with Gasteiger partial charge in [0.2, 0.25) is 0 Å². The van der Waals surface area contributed by atoms with E-state index in [1.54, 1.807) is 0 Å². The Kier molecular flexibility index (Phi) is 3.41. The van der Waals surface area contributed by atoms with Crippen LogP contribution in [0.3, 0.4) is 0 Å². The van der Waals surface area contributed by atoms with Crippen LogP contribution in [0.1, 0.15) is 41.8 Å². The summed E-state index contributed by atoms with van der Waals surface area (Å²) in [5, 5.41) is 10.3. The second-order valence-electron chi connectivity index (χ2n) is 4.69. The molecule has 1 N–H and O–H groups in total. The minimum Gasteiger partial charge on any atom is -0.478 e. The van der Waals surface area contributed by atoms with Gasteiger partial charge in [-0.25, -0.2) is 4.79 Å². The summed E-state index contributed by atoms with van der Waals surface area (Å²) in [6.07, 6.45) is 4.15. The van der Waals surface area contributed by atoms with Crippen molar-refractivity contribution in [2.45, 2.75) is 40.2 Å². The fourth-order valence-electron chi connectivity index (χ4n) is 2.45. The zero-order chi connectivity index (χ0) is 13.3. The molecule has 0 saturated heterocycles. The molecule has 96 valence electrons. The fraction of sp³-hybridized carbons (Fsp3) is 0.400. The third-order valence-corrected chi connectivity index (χ3v) is 3.39. The van der Waals surface area contributed by atoms with Crippen molar-refractivity contribution in [3.63, 3.8) is 0 Å². The average molecular weight is 245 g/mol. The van der Waals surface area contributed by atoms with Gasteiger partial charge in [0.05, 0.1) is 5.56 Å². The number of nitrogens with zero attached hydrogens (tertiary/aromatic N) is 1. The minimum absolute atomic E-state index is 0.409. The number of carboxylic acid groups (broad SMARTS) is 1. The number of fused-ring (bicyclic) bond motifs is 1. The van der Waals surface area contributed by atoms with Gasteiger partial charge in [0, 0.05) is 23.6 Å². The van der Waals surface area contributed by atoms with Gasteiger partial charge < -0.3 is 9.67 Å². The highest BCUT2D eigenvalue weighted by Gasteiger charge is 2.13. The molecule has 0 saturated carbocycles. The first kappa shape index (κ1) is 12.7. The smallest absolute Gasteiger partial charge is 0.335 e. The maximum atomic E-state index is 11.2. The van der Waals surface area contributed by atoms with Gasteiger partial charge in [-0.3, -0.25) is 0 Å². The number of hydrogen-bond acceptors (Lipinski definition) is 1. The standard InChI is InChI=1S/C15H19NO2/c1-4-6-16-9-11(5-2)13-8-12(15(17)18)10(3)7-14(13)16/h7-9H,4-6H2,1-3H3,(H,17,18). The lowest BCUT2D eigenvalue weighted by molar-refractivity contribution is 0.0696. The largest absolute Gasteiger partial charge is 0.478 e. The Morgan fingerprint density at radius 3 is 2.61 bits per heavy atom. The van der Waals surface area contributed by atoms with E-state index < -0.39 is 5.97 Å². The van der Waals surface area contributed by atoms with E-state index in [9.17, 15) is 9.90 Å². The molecule has 1 aromatic carbocycles. The number of aromatic nitrogens is 1. The number of carboxylic acids is 1. The minimum atomic E-state index is -0.848. The van der Waals surface area contributed by atoms with Crippen molar-refractivity contribution >= 4 is 16.9 Å². The van der Waals surface area contributed by atoms with Crippen LogP contribution < -0.4 is 0 Å². The molecule has 0 radical (unpaired) electrons. The summed E-state index contributed by atoms with van der Waals surface area (Å²) in [7, 11) is 0. The summed E-state index contributed by atoms with van der Waals surface area (Å²) in [4.78, 5) is 11.2. The van der Waals surface area contributed by atoms with E-state index in [1.807, 2.05) is 19.1 Å². The Morgan fingerprint density at radius 1 is 1.33 bits per heavy atom. The predicted octanol–water partition coefficient (Wildman–Crippen LogP) is 3.62. The molecule has 1 aromatic heterocycles. The van der Waals surface area contributed by atoms with Gasteiger partial charge in [0.25, 0.3) is 0 Å². The molecule has 0 fully saturated rings. The molecular formula is C15H19NO2. The number of rotatable bonds is 4. The lowest BCUT2D eigenvalue weighted by Crippen LogP contribution is -2.00. The second-order valence-corrected chi connectivity index (χ2v) is 4.69. The first-order chi connectivity index (χ1) is 8.58. The zero-order valence-corrected chi connectivity index (χ0v) is 11.2. The Balaban J connectivity index is 2.72. The number of carbonyl (C=O) groups is 1. The van der Waals surface area contributed by atoms with Gasteiger partial charge in [-0.05, 0) is 43.0 Å². The van der Waals surface area contributed by atoms with Crippen LogP contribution in [0.25, 0.3) is 10.9 Å². The summed E-state index contributed by atoms with van der Waals surface area (Å²) in [5.74, 6) is -0.848. The predicted molar refractivity (Wildman–Crippen MR) is 73.3 cm³/mol. The fourth-order valence-corrected chi connectivity index (χ4v) is 2.45. The van der Waals surface area contributed by atoms with Gasteiger partial charge in [-0.15, -0.1) is 0 Å². The van der Waals surface area contributed by atoms with Crippen molar-refractivity contribution < 1.29 is 9.90 Å². The number of aromatic carboxylic acids is 1. The topological polar surface area (TPSA) is 42.2 Å². The Labute approximate surface area is 107 Å². The normalized spacial score (nSPS) is 11.1. The number of hydrogen-bond donors (Lipinski definition) is 1. The second kappa shape index (κ2) is 4.84. The molecule has 3 nitrogen and oxygen atoms in total. The first-order valence-corrected chi connectivity index (χ1v) is 6.44. The Bertz CT molecular complexity index is 596. The van der Waals surface area contributed by atoms with E-state index in [2.05, 4.69) is 24.6 Å². The SMILES string of the molecule is CCCn1cc(CC)c2cc(C(=O)O)c(C)cc21. The van der Waals surface area contributed by atoms with Crippen LogP contribution in [-0.4, -0.2) is 15.6 Å². The summed E-state index contributed by atoms with van der Waals surface area (Å²) in [6, 6.07) is 3.81. The molecule has 1 heterocycles. The van der Waals surface area contributed by atoms with Gasteiger partial charge in [-0.1, -0.05) is 13.8 Å². The maximum Gasteiger partial charge on any atom is 0.335 e. The van der Waals surface area contributed by atoms with Gasteiger partial charge in [-0.2, -0.15) is 0 Å². The molecule has 18 heavy (non-hydrogen) atoms. The van der Waals surface area contributed by atoms with E-state index in [1.165, 1.54) is 5.56 Å². The molecule has 0 bridgehead atoms. The molecule has 0 atom stereocenters. The van der Waals surface area contributed by atoms with Crippen LogP contribution in [-0.2, 0) is 13.0 Å². The molecule has 0 aliphatic rings. The van der Waals surface area contributed by atoms with Gasteiger partial charge >= 0.3 is 5.97 Å². The average Bonchev–Trinajstić information content (AvgIpc) is 2.66. The quantitative estimate of drug-likeness (QED) is 0.893. The van der Waals surface area contributed by atoms with E-state index in [0.29, 0.717) is 5.56 Å². The number of aryl methyl sites for hydroxylation is 3. The first-order valence-electron chi connectivity index (χ1n) is 6.44. The van der Waals surface area contributed by atoms with Crippen LogP contribution >= 0.6 is 0 Å². The van der Waals surface area contributed by atoms with Crippen LogP contribution in [0, 0.1) is 6.92 Å². The summed E-state index contributed by atoms with van der Waals surface area (Å²) < 4.78 is 2.23. The molecule has 0 amide bonds. The highest BCUT2D eigenvalue weighted by Crippen LogP contribution is 2.26. The van der Waals surface area contributed by atoms with Crippen molar-refractivity contribution in [1.82, 2.24) is 4.57 Å². The third kappa shape index (κ3) is 2.01. The van der Waals surface area contributed by atoms with Crippen molar-refractivity contribution in [3.8, 4) is 0 Å². The number of benzene rings is 1. The zero-order valence-electron chi connectivity index (χ0n) is 11.2. The van der Waals surface area contributed by atoms with Crippen LogP contribution in [0.2, 0.25) is 0 Å². The molecule has 0 unspecified atom stereocenters. The van der Waals surface area contributed by atoms with E-state index in [4.69, 9.17) is 0 Å². The third-order valence-electron chi connectivity index (χ3n) is 3.39. The van der Waals surface area contributed by atoms with Gasteiger partial charge in [0.1, 0.15) is 0 Å². The van der Waals surface area contributed by atoms with Crippen molar-refractivity contribution in [1.29, 1.82) is 0 Å². The Hall–Kier alpha value is -1.77. The molecule has 0 aliphatic heterocycles. The van der Waals surface area contributed by atoms with Crippen LogP contribution in [0.5, 0.6) is 0 Å². The monoisotopic (exact) mass is 245 g/mol. The van der Waals surface area contributed by atoms with Crippen LogP contribution in [0.15, 0.2) is 18.3 Å². The molecule has 0 aliphatic carbocycles. The van der Waals surface area contributed by atoms with Crippen molar-refractivity contribution in [3.05, 3.63) is 35.0 Å². The lowest BCUT2D eigenvalue weighted by atomic mass is 10.0. The lowest BCUT2D eigenvalue weighted by Gasteiger charge is -2.06. The summed E-state index contributed by atoms with van der Waals surface area (Å²) in [5.41, 5.74) is 3.61. The summed E-state index contributed by atoms with van der Waals surface area (Å²) >= 11 is 0. The molecule has 3 heteroatoms. The molecular weight excluding hydrogens is 226 g/mol. The van der Waals surface area contributed by atoms with E-state index in [-0.39, 0.29) is 0 Å². The molecule has 2 aromatic rings. The van der Waals surface area contributed by atoms with Crippen molar-refractivity contribution in [2.75, 3.05) is 0 Å². The summed E-state index contributed by atoms with van der Waals surface area (Å²) in [6.45, 7) is 7.08. The Morgan fingerprint density at radius 2 is 2.06 bits per heavy atom. The van der Waals surface area contributed by atoms with Gasteiger partial charge in [0.15, 0.2) is 0 Å². The highest BCUT2D eigenvalue weighted by molar-refractivity contribution is 5.96.